The van der Waals surface area contributed by atoms with Crippen LogP contribution in [0.3, 0.4) is 0 Å². The second-order valence-corrected chi connectivity index (χ2v) is 9.64. The van der Waals surface area contributed by atoms with E-state index in [2.05, 4.69) is 10.6 Å². The summed E-state index contributed by atoms with van der Waals surface area (Å²) in [7, 11) is 0. The number of carbonyl (C=O) groups is 3. The Morgan fingerprint density at radius 3 is 2.37 bits per heavy atom. The Morgan fingerprint density at radius 1 is 1.00 bits per heavy atom. The molecule has 2 aliphatic carbocycles. The lowest BCUT2D eigenvalue weighted by atomic mass is 9.78. The normalized spacial score (nSPS) is 29.4. The summed E-state index contributed by atoms with van der Waals surface area (Å²) in [5.74, 6) is -0.156. The van der Waals surface area contributed by atoms with Crippen molar-refractivity contribution in [3.8, 4) is 0 Å². The van der Waals surface area contributed by atoms with Crippen LogP contribution in [0.25, 0.3) is 0 Å². The molecule has 4 rings (SSSR count). The van der Waals surface area contributed by atoms with Gasteiger partial charge in [-0.2, -0.15) is 0 Å². The second kappa shape index (κ2) is 9.67. The number of amides is 3. The van der Waals surface area contributed by atoms with Gasteiger partial charge in [-0.05, 0) is 44.9 Å². The predicted octanol–water partition coefficient (Wildman–Crippen LogP) is 2.42. The van der Waals surface area contributed by atoms with Crippen LogP contribution >= 0.6 is 0 Å². The third-order valence-electron chi connectivity index (χ3n) is 7.53. The van der Waals surface area contributed by atoms with Crippen molar-refractivity contribution >= 4 is 17.7 Å². The Labute approximate surface area is 179 Å². The summed E-state index contributed by atoms with van der Waals surface area (Å²) in [4.78, 5) is 41.0. The topological polar surface area (TPSA) is 87.7 Å². The Bertz CT molecular complexity index is 634. The van der Waals surface area contributed by atoms with Crippen molar-refractivity contribution in [3.63, 3.8) is 0 Å². The Hall–Kier alpha value is -1.63. The van der Waals surface area contributed by atoms with Crippen LogP contribution in [0.15, 0.2) is 0 Å². The van der Waals surface area contributed by atoms with Gasteiger partial charge in [-0.15, -0.1) is 0 Å². The van der Waals surface area contributed by atoms with Crippen molar-refractivity contribution in [3.05, 3.63) is 0 Å². The maximum absolute atomic E-state index is 13.8. The summed E-state index contributed by atoms with van der Waals surface area (Å²) in [5, 5.41) is 6.16. The van der Waals surface area contributed by atoms with Crippen molar-refractivity contribution in [2.24, 2.45) is 0 Å². The van der Waals surface area contributed by atoms with Crippen LogP contribution in [0.2, 0.25) is 0 Å². The first-order chi connectivity index (χ1) is 14.6. The second-order valence-electron chi connectivity index (χ2n) is 9.64. The number of hydrogen-bond donors (Lipinski definition) is 2. The molecule has 0 aromatic heterocycles. The first-order valence-corrected chi connectivity index (χ1v) is 12.1. The van der Waals surface area contributed by atoms with Gasteiger partial charge >= 0.3 is 0 Å². The third kappa shape index (κ3) is 4.66. The van der Waals surface area contributed by atoms with E-state index in [0.717, 1.165) is 57.8 Å². The first-order valence-electron chi connectivity index (χ1n) is 12.1. The molecule has 2 aliphatic heterocycles. The van der Waals surface area contributed by atoms with E-state index >= 15 is 0 Å². The standard InChI is InChI=1S/C23H37N3O4/c27-20-12-11-19(25-20)21(28)26(16-18-10-7-15-30-18)23(13-5-2-6-14-23)22(29)24-17-8-3-1-4-9-17/h17-19H,1-16H2,(H,24,29)(H,25,27)/t18-,19+/m0/s1. The summed E-state index contributed by atoms with van der Waals surface area (Å²) < 4.78 is 5.87. The fourth-order valence-corrected chi connectivity index (χ4v) is 5.78. The smallest absolute Gasteiger partial charge is 0.246 e. The molecule has 2 saturated heterocycles. The lowest BCUT2D eigenvalue weighted by Gasteiger charge is -2.47. The van der Waals surface area contributed by atoms with Crippen LogP contribution in [0, 0.1) is 0 Å². The fourth-order valence-electron chi connectivity index (χ4n) is 5.78. The molecule has 4 aliphatic rings. The molecule has 2 atom stereocenters. The molecule has 0 aromatic rings. The van der Waals surface area contributed by atoms with Crippen LogP contribution in [0.4, 0.5) is 0 Å². The molecule has 3 amide bonds. The average molecular weight is 420 g/mol. The van der Waals surface area contributed by atoms with Crippen molar-refractivity contribution in [2.75, 3.05) is 13.2 Å². The van der Waals surface area contributed by atoms with E-state index in [4.69, 9.17) is 4.74 Å². The molecule has 0 radical (unpaired) electrons. The Morgan fingerprint density at radius 2 is 1.73 bits per heavy atom. The highest BCUT2D eigenvalue weighted by molar-refractivity contribution is 5.96. The van der Waals surface area contributed by atoms with Gasteiger partial charge in [-0.3, -0.25) is 14.4 Å². The van der Waals surface area contributed by atoms with Crippen LogP contribution in [-0.4, -0.2) is 59.5 Å². The van der Waals surface area contributed by atoms with Gasteiger partial charge in [0.05, 0.1) is 6.10 Å². The molecule has 0 bridgehead atoms. The van der Waals surface area contributed by atoms with Gasteiger partial charge < -0.3 is 20.3 Å². The molecular formula is C23H37N3O4. The summed E-state index contributed by atoms with van der Waals surface area (Å²) in [6.07, 6.45) is 12.8. The van der Waals surface area contributed by atoms with Crippen LogP contribution in [-0.2, 0) is 19.1 Å². The number of ether oxygens (including phenoxy) is 1. The SMILES string of the molecule is O=C1CC[C@H](C(=O)N(C[C@@H]2CCCO2)C2(C(=O)NC3CCCCC3)CCCCC2)N1. The summed E-state index contributed by atoms with van der Waals surface area (Å²) in [5.41, 5.74) is -0.813. The molecule has 2 heterocycles. The number of nitrogens with one attached hydrogen (secondary N) is 2. The number of nitrogens with zero attached hydrogens (tertiary/aromatic N) is 1. The van der Waals surface area contributed by atoms with E-state index in [0.29, 0.717) is 38.8 Å². The van der Waals surface area contributed by atoms with Gasteiger partial charge in [0.1, 0.15) is 11.6 Å². The van der Waals surface area contributed by atoms with Gasteiger partial charge in [0.2, 0.25) is 17.7 Å². The quantitative estimate of drug-likeness (QED) is 0.692. The largest absolute Gasteiger partial charge is 0.376 e. The zero-order chi connectivity index (χ0) is 21.0. The zero-order valence-electron chi connectivity index (χ0n) is 18.1. The maximum atomic E-state index is 13.8. The average Bonchev–Trinajstić information content (AvgIpc) is 3.44. The highest BCUT2D eigenvalue weighted by Crippen LogP contribution is 2.37. The van der Waals surface area contributed by atoms with Gasteiger partial charge in [0.15, 0.2) is 0 Å². The highest BCUT2D eigenvalue weighted by Gasteiger charge is 2.50. The van der Waals surface area contributed by atoms with Crippen molar-refractivity contribution in [1.82, 2.24) is 15.5 Å². The summed E-state index contributed by atoms with van der Waals surface area (Å²) in [6.45, 7) is 1.16. The minimum absolute atomic E-state index is 0.0183. The lowest BCUT2D eigenvalue weighted by Crippen LogP contribution is -2.66. The minimum atomic E-state index is -0.813. The molecule has 7 heteroatoms. The van der Waals surface area contributed by atoms with E-state index in [1.807, 2.05) is 4.90 Å². The predicted molar refractivity (Wildman–Crippen MR) is 113 cm³/mol. The van der Waals surface area contributed by atoms with Crippen LogP contribution in [0.1, 0.15) is 89.9 Å². The first kappa shape index (κ1) is 21.6. The van der Waals surface area contributed by atoms with E-state index in [-0.39, 0.29) is 29.9 Å². The lowest BCUT2D eigenvalue weighted by molar-refractivity contribution is -0.154. The molecule has 2 saturated carbocycles. The molecular weight excluding hydrogens is 382 g/mol. The van der Waals surface area contributed by atoms with E-state index < -0.39 is 11.6 Å². The minimum Gasteiger partial charge on any atom is -0.376 e. The Kier molecular flexibility index (Phi) is 6.96. The monoisotopic (exact) mass is 419 g/mol. The van der Waals surface area contributed by atoms with E-state index in [1.54, 1.807) is 0 Å². The van der Waals surface area contributed by atoms with Crippen LogP contribution < -0.4 is 10.6 Å². The van der Waals surface area contributed by atoms with Crippen molar-refractivity contribution < 1.29 is 19.1 Å². The summed E-state index contributed by atoms with van der Waals surface area (Å²) in [6, 6.07) is -0.295. The van der Waals surface area contributed by atoms with Gasteiger partial charge in [-0.1, -0.05) is 38.5 Å². The molecule has 0 spiro atoms. The molecule has 4 fully saturated rings. The third-order valence-corrected chi connectivity index (χ3v) is 7.53. The van der Waals surface area contributed by atoms with Gasteiger partial charge in [0.25, 0.3) is 0 Å². The van der Waals surface area contributed by atoms with E-state index in [9.17, 15) is 14.4 Å². The summed E-state index contributed by atoms with van der Waals surface area (Å²) >= 11 is 0. The van der Waals surface area contributed by atoms with Gasteiger partial charge in [0, 0.05) is 25.6 Å². The van der Waals surface area contributed by atoms with Crippen molar-refractivity contribution in [2.45, 2.75) is 114 Å². The van der Waals surface area contributed by atoms with Gasteiger partial charge in [-0.25, -0.2) is 0 Å². The Balaban J connectivity index is 1.58. The highest BCUT2D eigenvalue weighted by atomic mass is 16.5. The number of hydrogen-bond acceptors (Lipinski definition) is 4. The zero-order valence-corrected chi connectivity index (χ0v) is 18.1. The molecule has 7 nitrogen and oxygen atoms in total. The maximum Gasteiger partial charge on any atom is 0.246 e. The fraction of sp³-hybridized carbons (Fsp3) is 0.870. The van der Waals surface area contributed by atoms with Crippen molar-refractivity contribution in [1.29, 1.82) is 0 Å². The van der Waals surface area contributed by atoms with E-state index in [1.165, 1.54) is 6.42 Å². The molecule has 30 heavy (non-hydrogen) atoms. The molecule has 0 aromatic carbocycles. The molecule has 168 valence electrons. The molecule has 0 unspecified atom stereocenters. The number of carbonyl (C=O) groups excluding carboxylic acids is 3. The molecule has 2 N–H and O–H groups in total. The van der Waals surface area contributed by atoms with Crippen LogP contribution in [0.5, 0.6) is 0 Å². The number of rotatable bonds is 6.